The minimum Gasteiger partial charge on any atom is -0.339 e. The van der Waals surface area contributed by atoms with Crippen LogP contribution < -0.4 is 5.32 Å². The van der Waals surface area contributed by atoms with Gasteiger partial charge < -0.3 is 10.2 Å². The zero-order chi connectivity index (χ0) is 10.7. The van der Waals surface area contributed by atoms with E-state index in [0.717, 1.165) is 19.5 Å². The van der Waals surface area contributed by atoms with E-state index in [0.29, 0.717) is 11.9 Å². The Kier molecular flexibility index (Phi) is 3.62. The molecule has 0 aromatic carbocycles. The molecule has 0 aromatic rings. The van der Waals surface area contributed by atoms with E-state index in [-0.39, 0.29) is 6.04 Å². The first-order valence-electron chi connectivity index (χ1n) is 6.36. The number of carbonyl (C=O) groups excluding carboxylic acids is 1. The summed E-state index contributed by atoms with van der Waals surface area (Å²) in [6, 6.07) is 0.658. The lowest BCUT2D eigenvalue weighted by Crippen LogP contribution is -2.56. The lowest BCUT2D eigenvalue weighted by atomic mass is 9.93. The highest BCUT2D eigenvalue weighted by Crippen LogP contribution is 2.23. The molecule has 2 fully saturated rings. The van der Waals surface area contributed by atoms with Crippen LogP contribution in [0.2, 0.25) is 0 Å². The highest BCUT2D eigenvalue weighted by molar-refractivity contribution is 5.83. The van der Waals surface area contributed by atoms with E-state index >= 15 is 0 Å². The van der Waals surface area contributed by atoms with Crippen molar-refractivity contribution < 1.29 is 4.79 Å². The van der Waals surface area contributed by atoms with Crippen molar-refractivity contribution in [2.45, 2.75) is 57.5 Å². The number of amides is 1. The van der Waals surface area contributed by atoms with Gasteiger partial charge in [-0.2, -0.15) is 0 Å². The maximum absolute atomic E-state index is 12.1. The standard InChI is InChI=1S/C12H22N2O/c1-2-14(10-6-4-3-5-7-10)12(15)11-8-9-13-11/h10-11,13H,2-9H2,1H3/t11-/m1/s1. The van der Waals surface area contributed by atoms with Crippen LogP contribution in [0.5, 0.6) is 0 Å². The van der Waals surface area contributed by atoms with Crippen molar-refractivity contribution in [3.05, 3.63) is 0 Å². The predicted octanol–water partition coefficient (Wildman–Crippen LogP) is 1.53. The van der Waals surface area contributed by atoms with Crippen molar-refractivity contribution >= 4 is 5.91 Å². The molecule has 1 atom stereocenters. The van der Waals surface area contributed by atoms with Crippen LogP contribution in [0.4, 0.5) is 0 Å². The normalized spacial score (nSPS) is 27.1. The van der Waals surface area contributed by atoms with Gasteiger partial charge in [-0.05, 0) is 32.7 Å². The Morgan fingerprint density at radius 3 is 2.40 bits per heavy atom. The summed E-state index contributed by atoms with van der Waals surface area (Å²) in [7, 11) is 0. The van der Waals surface area contributed by atoms with Gasteiger partial charge in [-0.25, -0.2) is 0 Å². The monoisotopic (exact) mass is 210 g/mol. The second kappa shape index (κ2) is 4.97. The Balaban J connectivity index is 1.92. The van der Waals surface area contributed by atoms with Gasteiger partial charge in [-0.1, -0.05) is 19.3 Å². The summed E-state index contributed by atoms with van der Waals surface area (Å²) < 4.78 is 0. The number of carbonyl (C=O) groups is 1. The van der Waals surface area contributed by atoms with Gasteiger partial charge in [0.25, 0.3) is 0 Å². The van der Waals surface area contributed by atoms with Gasteiger partial charge in [-0.15, -0.1) is 0 Å². The number of rotatable bonds is 3. The Hall–Kier alpha value is -0.570. The van der Waals surface area contributed by atoms with E-state index in [2.05, 4.69) is 17.1 Å². The smallest absolute Gasteiger partial charge is 0.239 e. The third-order valence-corrected chi connectivity index (χ3v) is 3.76. The molecule has 1 saturated heterocycles. The van der Waals surface area contributed by atoms with Crippen molar-refractivity contribution in [1.29, 1.82) is 0 Å². The maximum atomic E-state index is 12.1. The largest absolute Gasteiger partial charge is 0.339 e. The summed E-state index contributed by atoms with van der Waals surface area (Å²) in [5.74, 6) is 0.343. The molecule has 0 unspecified atom stereocenters. The molecule has 1 N–H and O–H groups in total. The average Bonchev–Trinajstić information content (AvgIpc) is 2.18. The molecular formula is C12H22N2O. The molecule has 0 spiro atoms. The van der Waals surface area contributed by atoms with Crippen molar-refractivity contribution in [3.63, 3.8) is 0 Å². The minimum absolute atomic E-state index is 0.131. The summed E-state index contributed by atoms with van der Waals surface area (Å²) >= 11 is 0. The third kappa shape index (κ3) is 2.33. The zero-order valence-electron chi connectivity index (χ0n) is 9.67. The molecule has 1 saturated carbocycles. The van der Waals surface area contributed by atoms with Crippen LogP contribution in [0, 0.1) is 0 Å². The van der Waals surface area contributed by atoms with Crippen LogP contribution in [0.15, 0.2) is 0 Å². The Morgan fingerprint density at radius 2 is 1.93 bits per heavy atom. The molecule has 0 aromatic heterocycles. The highest BCUT2D eigenvalue weighted by Gasteiger charge is 2.32. The van der Waals surface area contributed by atoms with Crippen LogP contribution in [0.25, 0.3) is 0 Å². The topological polar surface area (TPSA) is 32.3 Å². The van der Waals surface area contributed by atoms with Crippen molar-refractivity contribution in [2.24, 2.45) is 0 Å². The highest BCUT2D eigenvalue weighted by atomic mass is 16.2. The van der Waals surface area contributed by atoms with Crippen LogP contribution >= 0.6 is 0 Å². The minimum atomic E-state index is 0.131. The number of nitrogens with zero attached hydrogens (tertiary/aromatic N) is 1. The van der Waals surface area contributed by atoms with E-state index in [4.69, 9.17) is 0 Å². The van der Waals surface area contributed by atoms with Crippen molar-refractivity contribution in [2.75, 3.05) is 13.1 Å². The molecule has 2 aliphatic rings. The number of hydrogen-bond donors (Lipinski definition) is 1. The fraction of sp³-hybridized carbons (Fsp3) is 0.917. The second-order valence-electron chi connectivity index (χ2n) is 4.71. The lowest BCUT2D eigenvalue weighted by molar-refractivity contribution is -0.138. The lowest BCUT2D eigenvalue weighted by Gasteiger charge is -2.38. The Bertz CT molecular complexity index is 220. The fourth-order valence-electron chi connectivity index (χ4n) is 2.69. The van der Waals surface area contributed by atoms with Crippen LogP contribution in [-0.4, -0.2) is 36.0 Å². The molecule has 3 nitrogen and oxygen atoms in total. The summed E-state index contributed by atoms with van der Waals surface area (Å²) in [6.45, 7) is 3.99. The molecular weight excluding hydrogens is 188 g/mol. The van der Waals surface area contributed by atoms with E-state index < -0.39 is 0 Å². The van der Waals surface area contributed by atoms with Gasteiger partial charge in [0.2, 0.25) is 5.91 Å². The molecule has 1 aliphatic carbocycles. The number of hydrogen-bond acceptors (Lipinski definition) is 2. The van der Waals surface area contributed by atoms with Gasteiger partial charge in [-0.3, -0.25) is 4.79 Å². The molecule has 1 amide bonds. The first-order chi connectivity index (χ1) is 7.33. The molecule has 2 rings (SSSR count). The molecule has 3 heteroatoms. The molecule has 0 bridgehead atoms. The first kappa shape index (κ1) is 10.9. The van der Waals surface area contributed by atoms with Gasteiger partial charge in [0.15, 0.2) is 0 Å². The Labute approximate surface area is 92.2 Å². The van der Waals surface area contributed by atoms with Gasteiger partial charge in [0.1, 0.15) is 0 Å². The SMILES string of the molecule is CCN(C(=O)[C@H]1CCN1)C1CCCCC1. The summed E-state index contributed by atoms with van der Waals surface area (Å²) in [6.07, 6.45) is 7.41. The van der Waals surface area contributed by atoms with Crippen LogP contribution in [0.3, 0.4) is 0 Å². The number of likely N-dealkylation sites (N-methyl/N-ethyl adjacent to an activating group) is 1. The number of nitrogens with one attached hydrogen (secondary N) is 1. The quantitative estimate of drug-likeness (QED) is 0.766. The summed E-state index contributed by atoms with van der Waals surface area (Å²) in [5.41, 5.74) is 0. The maximum Gasteiger partial charge on any atom is 0.239 e. The average molecular weight is 210 g/mol. The third-order valence-electron chi connectivity index (χ3n) is 3.76. The van der Waals surface area contributed by atoms with Gasteiger partial charge in [0, 0.05) is 12.6 Å². The van der Waals surface area contributed by atoms with E-state index in [1.54, 1.807) is 0 Å². The van der Waals surface area contributed by atoms with Gasteiger partial charge >= 0.3 is 0 Å². The molecule has 1 heterocycles. The Morgan fingerprint density at radius 1 is 1.27 bits per heavy atom. The zero-order valence-corrected chi connectivity index (χ0v) is 9.67. The van der Waals surface area contributed by atoms with E-state index in [1.807, 2.05) is 0 Å². The van der Waals surface area contributed by atoms with Crippen molar-refractivity contribution in [3.8, 4) is 0 Å². The first-order valence-corrected chi connectivity index (χ1v) is 6.36. The van der Waals surface area contributed by atoms with E-state index in [1.165, 1.54) is 32.1 Å². The van der Waals surface area contributed by atoms with Crippen LogP contribution in [0.1, 0.15) is 45.4 Å². The van der Waals surface area contributed by atoms with E-state index in [9.17, 15) is 4.79 Å². The second-order valence-corrected chi connectivity index (χ2v) is 4.71. The predicted molar refractivity (Wildman–Crippen MR) is 60.7 cm³/mol. The molecule has 0 radical (unpaired) electrons. The fourth-order valence-corrected chi connectivity index (χ4v) is 2.69. The summed E-state index contributed by atoms with van der Waals surface area (Å²) in [4.78, 5) is 14.2. The van der Waals surface area contributed by atoms with Crippen LogP contribution in [-0.2, 0) is 4.79 Å². The molecule has 15 heavy (non-hydrogen) atoms. The van der Waals surface area contributed by atoms with Gasteiger partial charge in [0.05, 0.1) is 6.04 Å². The molecule has 86 valence electrons. The summed E-state index contributed by atoms with van der Waals surface area (Å²) in [5, 5.41) is 3.21. The molecule has 1 aliphatic heterocycles. The van der Waals surface area contributed by atoms with Crippen molar-refractivity contribution in [1.82, 2.24) is 10.2 Å².